The summed E-state index contributed by atoms with van der Waals surface area (Å²) in [5.41, 5.74) is 1.95. The van der Waals surface area contributed by atoms with Gasteiger partial charge in [-0.3, -0.25) is 9.59 Å². The van der Waals surface area contributed by atoms with E-state index in [0.717, 1.165) is 43.6 Å². The predicted molar refractivity (Wildman–Crippen MR) is 80.4 cm³/mol. The first-order chi connectivity index (χ1) is 10.1. The fourth-order valence-corrected chi connectivity index (χ4v) is 3.07. The van der Waals surface area contributed by atoms with Crippen molar-refractivity contribution in [2.24, 2.45) is 5.92 Å². The second-order valence-electron chi connectivity index (χ2n) is 5.88. The van der Waals surface area contributed by atoms with Gasteiger partial charge in [0.1, 0.15) is 0 Å². The first kappa shape index (κ1) is 13.9. The van der Waals surface area contributed by atoms with Crippen LogP contribution in [0.15, 0.2) is 24.3 Å². The van der Waals surface area contributed by atoms with E-state index >= 15 is 0 Å². The maximum atomic E-state index is 11.5. The number of carboxylic acids is 1. The van der Waals surface area contributed by atoms with Crippen molar-refractivity contribution in [2.45, 2.75) is 38.1 Å². The van der Waals surface area contributed by atoms with Crippen LogP contribution in [-0.2, 0) is 9.59 Å². The third-order valence-electron chi connectivity index (χ3n) is 4.46. The molecule has 3 rings (SSSR count). The van der Waals surface area contributed by atoms with Crippen LogP contribution in [0.4, 0.5) is 11.4 Å². The van der Waals surface area contributed by atoms with Crippen molar-refractivity contribution in [3.63, 3.8) is 0 Å². The molecule has 1 saturated heterocycles. The molecule has 1 aliphatic carbocycles. The molecule has 112 valence electrons. The van der Waals surface area contributed by atoms with Gasteiger partial charge < -0.3 is 15.3 Å². The zero-order chi connectivity index (χ0) is 14.8. The van der Waals surface area contributed by atoms with E-state index in [1.807, 2.05) is 24.3 Å². The molecule has 0 radical (unpaired) electrons. The van der Waals surface area contributed by atoms with E-state index in [1.54, 1.807) is 4.90 Å². The number of carbonyl (C=O) groups is 2. The minimum atomic E-state index is -0.674. The van der Waals surface area contributed by atoms with E-state index in [-0.39, 0.29) is 11.8 Å². The third-order valence-corrected chi connectivity index (χ3v) is 4.46. The summed E-state index contributed by atoms with van der Waals surface area (Å²) in [6.45, 7) is 0.798. The van der Waals surface area contributed by atoms with Crippen LogP contribution in [0, 0.1) is 5.92 Å². The zero-order valence-electron chi connectivity index (χ0n) is 11.9. The molecule has 1 heterocycles. The highest BCUT2D eigenvalue weighted by molar-refractivity contribution is 5.99. The number of hydrogen-bond donors (Lipinski definition) is 2. The minimum Gasteiger partial charge on any atom is -0.481 e. The van der Waals surface area contributed by atoms with Gasteiger partial charge in [0.25, 0.3) is 0 Å². The molecule has 0 bridgehead atoms. The summed E-state index contributed by atoms with van der Waals surface area (Å²) in [4.78, 5) is 24.2. The lowest BCUT2D eigenvalue weighted by Crippen LogP contribution is -2.43. The molecule has 0 spiro atoms. The van der Waals surface area contributed by atoms with Crippen molar-refractivity contribution in [1.29, 1.82) is 0 Å². The van der Waals surface area contributed by atoms with Crippen molar-refractivity contribution in [2.75, 3.05) is 16.8 Å². The number of anilines is 2. The molecule has 0 atom stereocenters. The van der Waals surface area contributed by atoms with E-state index in [0.29, 0.717) is 12.5 Å². The molecule has 5 nitrogen and oxygen atoms in total. The third kappa shape index (κ3) is 3.01. The quantitative estimate of drug-likeness (QED) is 0.835. The number of carboxylic acid groups (broad SMARTS) is 1. The van der Waals surface area contributed by atoms with Crippen LogP contribution >= 0.6 is 0 Å². The van der Waals surface area contributed by atoms with Gasteiger partial charge >= 0.3 is 5.97 Å². The topological polar surface area (TPSA) is 69.6 Å². The lowest BCUT2D eigenvalue weighted by atomic mass is 9.86. The summed E-state index contributed by atoms with van der Waals surface area (Å²) in [5, 5.41) is 12.5. The van der Waals surface area contributed by atoms with E-state index in [2.05, 4.69) is 5.32 Å². The molecule has 2 fully saturated rings. The Kier molecular flexibility index (Phi) is 3.82. The molecule has 1 amide bonds. The summed E-state index contributed by atoms with van der Waals surface area (Å²) in [5.74, 6) is -0.686. The van der Waals surface area contributed by atoms with Crippen LogP contribution in [0.5, 0.6) is 0 Å². The van der Waals surface area contributed by atoms with Crippen LogP contribution in [0.1, 0.15) is 32.1 Å². The Bertz CT molecular complexity index is 550. The highest BCUT2D eigenvalue weighted by atomic mass is 16.4. The van der Waals surface area contributed by atoms with Crippen molar-refractivity contribution in [3.05, 3.63) is 24.3 Å². The molecular weight excluding hydrogens is 268 g/mol. The summed E-state index contributed by atoms with van der Waals surface area (Å²) >= 11 is 0. The van der Waals surface area contributed by atoms with E-state index < -0.39 is 5.97 Å². The van der Waals surface area contributed by atoms with Crippen molar-refractivity contribution >= 4 is 23.3 Å². The molecule has 1 aromatic rings. The first-order valence-corrected chi connectivity index (χ1v) is 7.53. The second kappa shape index (κ2) is 5.76. The highest BCUT2D eigenvalue weighted by Crippen LogP contribution is 2.29. The van der Waals surface area contributed by atoms with Gasteiger partial charge in [-0.05, 0) is 43.9 Å². The number of nitrogens with zero attached hydrogens (tertiary/aromatic N) is 1. The Morgan fingerprint density at radius 1 is 1.24 bits per heavy atom. The number of carbonyl (C=O) groups excluding carboxylic acids is 1. The van der Waals surface area contributed by atoms with Gasteiger partial charge in [0, 0.05) is 30.4 Å². The van der Waals surface area contributed by atoms with Crippen LogP contribution < -0.4 is 10.2 Å². The number of benzene rings is 1. The SMILES string of the molecule is O=C(O)C1CCC(Nc2cccc(N3CCC3=O)c2)CC1. The maximum Gasteiger partial charge on any atom is 0.306 e. The Balaban J connectivity index is 1.59. The van der Waals surface area contributed by atoms with Gasteiger partial charge in [0.2, 0.25) is 5.91 Å². The smallest absolute Gasteiger partial charge is 0.306 e. The van der Waals surface area contributed by atoms with Gasteiger partial charge in [-0.1, -0.05) is 6.07 Å². The zero-order valence-corrected chi connectivity index (χ0v) is 11.9. The van der Waals surface area contributed by atoms with Gasteiger partial charge in [0.05, 0.1) is 5.92 Å². The number of β-lactam (4-membered cyclic amide) rings is 1. The van der Waals surface area contributed by atoms with Gasteiger partial charge in [-0.15, -0.1) is 0 Å². The fourth-order valence-electron chi connectivity index (χ4n) is 3.07. The van der Waals surface area contributed by atoms with Gasteiger partial charge in [-0.25, -0.2) is 0 Å². The molecule has 21 heavy (non-hydrogen) atoms. The van der Waals surface area contributed by atoms with Gasteiger partial charge in [-0.2, -0.15) is 0 Å². The molecule has 1 saturated carbocycles. The standard InChI is InChI=1S/C16H20N2O3/c19-15-8-9-18(15)14-3-1-2-13(10-14)17-12-6-4-11(5-7-12)16(20)21/h1-3,10-12,17H,4-9H2,(H,20,21). The molecule has 0 aromatic heterocycles. The van der Waals surface area contributed by atoms with Crippen molar-refractivity contribution in [3.8, 4) is 0 Å². The largest absolute Gasteiger partial charge is 0.481 e. The summed E-state index contributed by atoms with van der Waals surface area (Å²) in [6, 6.07) is 8.22. The highest BCUT2D eigenvalue weighted by Gasteiger charge is 2.27. The average molecular weight is 288 g/mol. The monoisotopic (exact) mass is 288 g/mol. The van der Waals surface area contributed by atoms with Crippen LogP contribution in [0.25, 0.3) is 0 Å². The molecule has 2 aliphatic rings. The van der Waals surface area contributed by atoms with Crippen molar-refractivity contribution in [1.82, 2.24) is 0 Å². The lowest BCUT2D eigenvalue weighted by Gasteiger charge is -2.32. The van der Waals surface area contributed by atoms with E-state index in [4.69, 9.17) is 5.11 Å². The predicted octanol–water partition coefficient (Wildman–Crippen LogP) is 2.48. The van der Waals surface area contributed by atoms with E-state index in [1.165, 1.54) is 0 Å². The average Bonchev–Trinajstić information content (AvgIpc) is 2.46. The first-order valence-electron chi connectivity index (χ1n) is 7.53. The molecule has 2 N–H and O–H groups in total. The van der Waals surface area contributed by atoms with Crippen LogP contribution in [-0.4, -0.2) is 29.6 Å². The Hall–Kier alpha value is -2.04. The fraction of sp³-hybridized carbons (Fsp3) is 0.500. The molecular formula is C16H20N2O3. The summed E-state index contributed by atoms with van der Waals surface area (Å²) < 4.78 is 0. The molecule has 5 heteroatoms. The van der Waals surface area contributed by atoms with Crippen LogP contribution in [0.2, 0.25) is 0 Å². The maximum absolute atomic E-state index is 11.5. The second-order valence-corrected chi connectivity index (χ2v) is 5.88. The van der Waals surface area contributed by atoms with E-state index in [9.17, 15) is 9.59 Å². The Morgan fingerprint density at radius 2 is 2.00 bits per heavy atom. The van der Waals surface area contributed by atoms with Crippen LogP contribution in [0.3, 0.4) is 0 Å². The summed E-state index contributed by atoms with van der Waals surface area (Å²) in [6.07, 6.45) is 3.86. The van der Waals surface area contributed by atoms with Gasteiger partial charge in [0.15, 0.2) is 0 Å². The van der Waals surface area contributed by atoms with Crippen molar-refractivity contribution < 1.29 is 14.7 Å². The molecule has 0 unspecified atom stereocenters. The number of hydrogen-bond acceptors (Lipinski definition) is 3. The summed E-state index contributed by atoms with van der Waals surface area (Å²) in [7, 11) is 0. The number of aliphatic carboxylic acids is 1. The minimum absolute atomic E-state index is 0.175. The molecule has 1 aromatic carbocycles. The Labute approximate surface area is 123 Å². The number of nitrogens with one attached hydrogen (secondary N) is 1. The normalized spacial score (nSPS) is 25.3. The number of rotatable bonds is 4. The Morgan fingerprint density at radius 3 is 2.57 bits per heavy atom. The molecule has 1 aliphatic heterocycles. The lowest BCUT2D eigenvalue weighted by molar-refractivity contribution is -0.142. The number of amides is 1.